The highest BCUT2D eigenvalue weighted by atomic mass is 32.2. The minimum atomic E-state index is -3.68. The fraction of sp³-hybridized carbons (Fsp3) is 0.500. The first-order chi connectivity index (χ1) is 13.8. The van der Waals surface area contributed by atoms with Crippen molar-refractivity contribution in [2.75, 3.05) is 26.3 Å². The lowest BCUT2D eigenvalue weighted by Gasteiger charge is -2.29. The van der Waals surface area contributed by atoms with Crippen LogP contribution in [0.4, 0.5) is 0 Å². The van der Waals surface area contributed by atoms with Gasteiger partial charge in [-0.2, -0.15) is 4.31 Å². The van der Waals surface area contributed by atoms with E-state index >= 15 is 0 Å². The Balaban J connectivity index is 1.45. The predicted molar refractivity (Wildman–Crippen MR) is 105 cm³/mol. The predicted octanol–water partition coefficient (Wildman–Crippen LogP) is 2.62. The third-order valence-corrected chi connectivity index (χ3v) is 7.11. The number of hydrogen-bond donors (Lipinski definition) is 0. The van der Waals surface area contributed by atoms with Crippen molar-refractivity contribution in [1.82, 2.24) is 9.46 Å². The molecule has 0 N–H and O–H groups in total. The molecule has 1 aliphatic heterocycles. The van der Waals surface area contributed by atoms with Crippen LogP contribution >= 0.6 is 0 Å². The molecule has 0 radical (unpaired) electrons. The molecule has 8 nitrogen and oxygen atoms in total. The van der Waals surface area contributed by atoms with E-state index in [1.165, 1.54) is 4.31 Å². The van der Waals surface area contributed by atoms with E-state index in [-0.39, 0.29) is 48.8 Å². The zero-order valence-electron chi connectivity index (χ0n) is 16.9. The minimum Gasteiger partial charge on any atom is -0.490 e. The summed E-state index contributed by atoms with van der Waals surface area (Å²) in [5.41, 5.74) is 1.49. The summed E-state index contributed by atoms with van der Waals surface area (Å²) in [5, 5.41) is 3.72. The number of rotatable bonds is 7. The Morgan fingerprint density at radius 2 is 1.79 bits per heavy atom. The lowest BCUT2D eigenvalue weighted by Crippen LogP contribution is -2.41. The van der Waals surface area contributed by atoms with E-state index in [0.29, 0.717) is 18.5 Å². The lowest BCUT2D eigenvalue weighted by atomic mass is 9.98. The quantitative estimate of drug-likeness (QED) is 0.499. The maximum absolute atomic E-state index is 12.8. The summed E-state index contributed by atoms with van der Waals surface area (Å²) in [7, 11) is -3.68. The monoisotopic (exact) mass is 422 g/mol. The number of ether oxygens (including phenoxy) is 2. The molecule has 3 rings (SSSR count). The average Bonchev–Trinajstić information content (AvgIpc) is 3.05. The van der Waals surface area contributed by atoms with Crippen LogP contribution in [-0.4, -0.2) is 50.2 Å². The smallest absolute Gasteiger partial charge is 0.309 e. The van der Waals surface area contributed by atoms with Crippen LogP contribution in [0.1, 0.15) is 29.9 Å². The van der Waals surface area contributed by atoms with Gasteiger partial charge in [-0.3, -0.25) is 4.79 Å². The molecule has 0 aliphatic carbocycles. The molecule has 1 aromatic heterocycles. The van der Waals surface area contributed by atoms with Crippen molar-refractivity contribution in [1.29, 1.82) is 0 Å². The molecule has 1 aromatic carbocycles. The van der Waals surface area contributed by atoms with Gasteiger partial charge in [-0.1, -0.05) is 22.9 Å². The summed E-state index contributed by atoms with van der Waals surface area (Å²) >= 11 is 0. The maximum Gasteiger partial charge on any atom is 0.309 e. The zero-order valence-corrected chi connectivity index (χ0v) is 17.7. The fourth-order valence-electron chi connectivity index (χ4n) is 3.36. The molecular formula is C20H26N2O6S. The van der Waals surface area contributed by atoms with Gasteiger partial charge in [0.15, 0.2) is 5.76 Å². The molecule has 1 saturated heterocycles. The highest BCUT2D eigenvalue weighted by Gasteiger charge is 2.35. The van der Waals surface area contributed by atoms with Gasteiger partial charge in [-0.15, -0.1) is 0 Å². The van der Waals surface area contributed by atoms with E-state index in [9.17, 15) is 13.2 Å². The first-order valence-electron chi connectivity index (χ1n) is 9.58. The molecule has 0 saturated carbocycles. The fourth-order valence-corrected chi connectivity index (χ4v) is 5.12. The highest BCUT2D eigenvalue weighted by Crippen LogP contribution is 2.28. The Kier molecular flexibility index (Phi) is 6.59. The Hall–Kier alpha value is -2.39. The van der Waals surface area contributed by atoms with Crippen molar-refractivity contribution in [2.45, 2.75) is 38.5 Å². The van der Waals surface area contributed by atoms with Gasteiger partial charge >= 0.3 is 5.97 Å². The van der Waals surface area contributed by atoms with E-state index in [4.69, 9.17) is 14.0 Å². The molecule has 158 valence electrons. The van der Waals surface area contributed by atoms with Gasteiger partial charge in [0.25, 0.3) is 0 Å². The van der Waals surface area contributed by atoms with Crippen molar-refractivity contribution in [3.63, 3.8) is 0 Å². The Morgan fingerprint density at radius 1 is 1.14 bits per heavy atom. The van der Waals surface area contributed by atoms with Gasteiger partial charge in [0.2, 0.25) is 10.0 Å². The number of aromatic nitrogens is 1. The number of hydrogen-bond acceptors (Lipinski definition) is 7. The molecule has 2 aromatic rings. The second-order valence-electron chi connectivity index (χ2n) is 7.16. The van der Waals surface area contributed by atoms with Crippen molar-refractivity contribution < 1.29 is 27.2 Å². The summed E-state index contributed by atoms with van der Waals surface area (Å²) in [5.74, 6) is 0.375. The third kappa shape index (κ3) is 4.97. The number of benzene rings is 1. The van der Waals surface area contributed by atoms with Crippen LogP contribution in [0, 0.1) is 26.7 Å². The van der Waals surface area contributed by atoms with Gasteiger partial charge < -0.3 is 14.0 Å². The topological polar surface area (TPSA) is 98.9 Å². The number of piperidine rings is 1. The minimum absolute atomic E-state index is 0.117. The lowest BCUT2D eigenvalue weighted by molar-refractivity contribution is -0.150. The highest BCUT2D eigenvalue weighted by molar-refractivity contribution is 7.89. The number of aryl methyl sites for hydroxylation is 3. The number of carbonyl (C=O) groups is 1. The van der Waals surface area contributed by atoms with E-state index < -0.39 is 10.0 Å². The summed E-state index contributed by atoms with van der Waals surface area (Å²) in [4.78, 5) is 12.4. The number of nitrogens with zero attached hydrogens (tertiary/aromatic N) is 2. The van der Waals surface area contributed by atoms with Crippen molar-refractivity contribution in [2.24, 2.45) is 5.92 Å². The average molecular weight is 423 g/mol. The Morgan fingerprint density at radius 3 is 2.38 bits per heavy atom. The maximum atomic E-state index is 12.8. The normalized spacial score (nSPS) is 16.0. The molecule has 2 heterocycles. The standard InChI is InChI=1S/C20H26N2O6S/c1-14-4-6-18(7-5-14)26-12-13-27-20(23)17-8-10-22(11-9-17)29(24,25)19-15(2)21-28-16(19)3/h4-7,17H,8-13H2,1-3H3. The first-order valence-corrected chi connectivity index (χ1v) is 11.0. The van der Waals surface area contributed by atoms with Gasteiger partial charge in [-0.25, -0.2) is 8.42 Å². The molecule has 0 atom stereocenters. The van der Waals surface area contributed by atoms with Crippen LogP contribution in [0.15, 0.2) is 33.7 Å². The molecule has 0 spiro atoms. The number of sulfonamides is 1. The largest absolute Gasteiger partial charge is 0.490 e. The molecule has 0 amide bonds. The third-order valence-electron chi connectivity index (χ3n) is 4.97. The molecule has 0 bridgehead atoms. The molecule has 1 aliphatic rings. The van der Waals surface area contributed by atoms with E-state index in [1.54, 1.807) is 13.8 Å². The van der Waals surface area contributed by atoms with Crippen molar-refractivity contribution in [3.8, 4) is 5.75 Å². The molecule has 0 unspecified atom stereocenters. The number of carbonyl (C=O) groups excluding carboxylic acids is 1. The van der Waals surface area contributed by atoms with Crippen LogP contribution in [0.5, 0.6) is 5.75 Å². The van der Waals surface area contributed by atoms with E-state index in [0.717, 1.165) is 11.3 Å². The van der Waals surface area contributed by atoms with Crippen LogP contribution < -0.4 is 4.74 Å². The molecular weight excluding hydrogens is 396 g/mol. The van der Waals surface area contributed by atoms with Gasteiger partial charge in [0.05, 0.1) is 5.92 Å². The van der Waals surface area contributed by atoms with Crippen LogP contribution in [0.2, 0.25) is 0 Å². The Labute approximate surface area is 170 Å². The molecule has 9 heteroatoms. The van der Waals surface area contributed by atoms with Gasteiger partial charge in [0, 0.05) is 13.1 Å². The van der Waals surface area contributed by atoms with Crippen LogP contribution in [-0.2, 0) is 19.6 Å². The SMILES string of the molecule is Cc1ccc(OCCOC(=O)C2CCN(S(=O)(=O)c3c(C)noc3C)CC2)cc1. The van der Waals surface area contributed by atoms with E-state index in [2.05, 4.69) is 5.16 Å². The summed E-state index contributed by atoms with van der Waals surface area (Å²) < 4.78 is 42.9. The second-order valence-corrected chi connectivity index (χ2v) is 9.04. The summed E-state index contributed by atoms with van der Waals surface area (Å²) in [6.45, 7) is 6.12. The first kappa shape index (κ1) is 21.3. The second kappa shape index (κ2) is 8.96. The zero-order chi connectivity index (χ0) is 21.0. The van der Waals surface area contributed by atoms with Crippen LogP contribution in [0.25, 0.3) is 0 Å². The van der Waals surface area contributed by atoms with E-state index in [1.807, 2.05) is 31.2 Å². The van der Waals surface area contributed by atoms with Gasteiger partial charge in [0.1, 0.15) is 29.6 Å². The Bertz CT molecular complexity index is 924. The van der Waals surface area contributed by atoms with Crippen LogP contribution in [0.3, 0.4) is 0 Å². The molecule has 1 fully saturated rings. The number of esters is 1. The van der Waals surface area contributed by atoms with Crippen molar-refractivity contribution >= 4 is 16.0 Å². The summed E-state index contributed by atoms with van der Waals surface area (Å²) in [6.07, 6.45) is 0.834. The van der Waals surface area contributed by atoms with Gasteiger partial charge in [-0.05, 0) is 45.7 Å². The summed E-state index contributed by atoms with van der Waals surface area (Å²) in [6, 6.07) is 7.64. The molecule has 29 heavy (non-hydrogen) atoms. The van der Waals surface area contributed by atoms with Crippen molar-refractivity contribution in [3.05, 3.63) is 41.3 Å².